The van der Waals surface area contributed by atoms with Gasteiger partial charge >= 0.3 is 0 Å². The quantitative estimate of drug-likeness (QED) is 0.410. The lowest BCUT2D eigenvalue weighted by atomic mass is 9.96. The predicted molar refractivity (Wildman–Crippen MR) is 114 cm³/mol. The second-order valence-corrected chi connectivity index (χ2v) is 7.03. The van der Waals surface area contributed by atoms with Crippen LogP contribution in [0.5, 0.6) is 5.75 Å². The van der Waals surface area contributed by atoms with Crippen molar-refractivity contribution >= 4 is 17.4 Å². The van der Waals surface area contributed by atoms with Gasteiger partial charge in [-0.05, 0) is 55.1 Å². The number of methoxy groups -OCH3 is 1. The minimum Gasteiger partial charge on any atom is -0.507 e. The van der Waals surface area contributed by atoms with Crippen molar-refractivity contribution in [2.24, 2.45) is 0 Å². The summed E-state index contributed by atoms with van der Waals surface area (Å²) in [5.74, 6) is -0.830. The van der Waals surface area contributed by atoms with Gasteiger partial charge in [0.25, 0.3) is 11.7 Å². The third-order valence-electron chi connectivity index (χ3n) is 5.48. The Bertz CT molecular complexity index is 921. The Morgan fingerprint density at radius 3 is 2.30 bits per heavy atom. The van der Waals surface area contributed by atoms with Gasteiger partial charge in [-0.2, -0.15) is 0 Å². The fraction of sp³-hybridized carbons (Fsp3) is 0.348. The number of likely N-dealkylation sites (N-methyl/N-ethyl adjacent to an activating group) is 1. The van der Waals surface area contributed by atoms with Crippen LogP contribution in [0.1, 0.15) is 31.0 Å². The van der Waals surface area contributed by atoms with E-state index in [1.165, 1.54) is 0 Å². The van der Waals surface area contributed by atoms with Crippen molar-refractivity contribution in [3.05, 3.63) is 65.5 Å². The summed E-state index contributed by atoms with van der Waals surface area (Å²) < 4.78 is 5.16. The highest BCUT2D eigenvalue weighted by molar-refractivity contribution is 6.46. The summed E-state index contributed by atoms with van der Waals surface area (Å²) >= 11 is 0. The van der Waals surface area contributed by atoms with Crippen LogP contribution in [-0.2, 0) is 9.59 Å². The summed E-state index contributed by atoms with van der Waals surface area (Å²) in [4.78, 5) is 33.6. The van der Waals surface area contributed by atoms with Crippen molar-refractivity contribution in [1.82, 2.24) is 14.8 Å². The minimum absolute atomic E-state index is 0.0934. The molecule has 1 aliphatic rings. The molecule has 1 unspecified atom stereocenters. The lowest BCUT2D eigenvalue weighted by Crippen LogP contribution is -2.38. The number of likely N-dealkylation sites (tertiary alicyclic amines) is 1. The molecule has 1 atom stereocenters. The number of amides is 1. The van der Waals surface area contributed by atoms with E-state index in [4.69, 9.17) is 4.74 Å². The van der Waals surface area contributed by atoms with Crippen molar-refractivity contribution in [2.75, 3.05) is 33.3 Å². The summed E-state index contributed by atoms with van der Waals surface area (Å²) in [5.41, 5.74) is 1.28. The largest absolute Gasteiger partial charge is 0.507 e. The number of carbonyl (C=O) groups excluding carboxylic acids is 2. The normalized spacial score (nSPS) is 18.3. The molecule has 7 heteroatoms. The molecule has 1 fully saturated rings. The van der Waals surface area contributed by atoms with Crippen LogP contribution in [0.25, 0.3) is 5.76 Å². The fourth-order valence-corrected chi connectivity index (χ4v) is 3.70. The summed E-state index contributed by atoms with van der Waals surface area (Å²) in [5, 5.41) is 11.0. The number of aromatic nitrogens is 1. The van der Waals surface area contributed by atoms with Crippen LogP contribution in [0.2, 0.25) is 0 Å². The maximum absolute atomic E-state index is 13.0. The molecule has 0 bridgehead atoms. The minimum atomic E-state index is -0.676. The standard InChI is InChI=1S/C23H27N3O4/c1-4-25(5-2)14-15-26-20(16-10-12-24-13-11-16)19(22(28)23(26)29)21(27)17-6-8-18(30-3)9-7-17/h6-13,20,27H,4-5,14-15H2,1-3H3. The third-order valence-corrected chi connectivity index (χ3v) is 5.48. The number of ether oxygens (including phenoxy) is 1. The molecule has 1 amide bonds. The molecule has 1 aromatic heterocycles. The highest BCUT2D eigenvalue weighted by Gasteiger charge is 2.45. The molecule has 1 aromatic carbocycles. The second kappa shape index (κ2) is 9.54. The van der Waals surface area contributed by atoms with Gasteiger partial charge < -0.3 is 19.6 Å². The summed E-state index contributed by atoms with van der Waals surface area (Å²) in [6.07, 6.45) is 3.24. The average Bonchev–Trinajstić information content (AvgIpc) is 3.05. The van der Waals surface area contributed by atoms with E-state index in [0.717, 1.165) is 18.7 Å². The Balaban J connectivity index is 2.05. The van der Waals surface area contributed by atoms with Gasteiger partial charge in [-0.25, -0.2) is 0 Å². The van der Waals surface area contributed by atoms with Crippen molar-refractivity contribution in [3.8, 4) is 5.75 Å². The predicted octanol–water partition coefficient (Wildman–Crippen LogP) is 2.85. The molecule has 2 heterocycles. The summed E-state index contributed by atoms with van der Waals surface area (Å²) in [6, 6.07) is 9.61. The van der Waals surface area contributed by atoms with Crippen molar-refractivity contribution in [2.45, 2.75) is 19.9 Å². The van der Waals surface area contributed by atoms with Crippen LogP contribution < -0.4 is 4.74 Å². The molecule has 7 nitrogen and oxygen atoms in total. The van der Waals surface area contributed by atoms with E-state index < -0.39 is 17.7 Å². The first kappa shape index (κ1) is 21.5. The molecule has 1 aliphatic heterocycles. The van der Waals surface area contributed by atoms with Crippen LogP contribution in [0, 0.1) is 0 Å². The van der Waals surface area contributed by atoms with Crippen LogP contribution in [-0.4, -0.2) is 64.9 Å². The molecule has 0 spiro atoms. The zero-order valence-corrected chi connectivity index (χ0v) is 17.5. The SMILES string of the molecule is CCN(CC)CCN1C(=O)C(=O)C(=C(O)c2ccc(OC)cc2)C1c1ccncc1. The highest BCUT2D eigenvalue weighted by atomic mass is 16.5. The van der Waals surface area contributed by atoms with E-state index in [1.54, 1.807) is 60.8 Å². The molecule has 30 heavy (non-hydrogen) atoms. The van der Waals surface area contributed by atoms with Gasteiger partial charge in [-0.1, -0.05) is 13.8 Å². The number of nitrogens with zero attached hydrogens (tertiary/aromatic N) is 3. The van der Waals surface area contributed by atoms with Crippen LogP contribution in [0.4, 0.5) is 0 Å². The number of Topliss-reactive ketones (excluding diaryl/α,β-unsaturated/α-hetero) is 1. The Hall–Kier alpha value is -3.19. The molecular formula is C23H27N3O4. The Labute approximate surface area is 176 Å². The number of hydrogen-bond acceptors (Lipinski definition) is 6. The monoisotopic (exact) mass is 409 g/mol. The molecule has 2 aromatic rings. The summed E-state index contributed by atoms with van der Waals surface area (Å²) in [7, 11) is 1.56. The van der Waals surface area contributed by atoms with E-state index in [9.17, 15) is 14.7 Å². The molecule has 0 saturated carbocycles. The number of ketones is 1. The maximum atomic E-state index is 13.0. The average molecular weight is 409 g/mol. The number of hydrogen-bond donors (Lipinski definition) is 1. The number of benzene rings is 1. The van der Waals surface area contributed by atoms with E-state index in [2.05, 4.69) is 23.7 Å². The number of aliphatic hydroxyl groups excluding tert-OH is 1. The molecule has 1 N–H and O–H groups in total. The molecule has 0 aliphatic carbocycles. The molecule has 3 rings (SSSR count). The Morgan fingerprint density at radius 2 is 1.73 bits per heavy atom. The fourth-order valence-electron chi connectivity index (χ4n) is 3.70. The van der Waals surface area contributed by atoms with Gasteiger partial charge in [0.05, 0.1) is 18.7 Å². The number of pyridine rings is 1. The third kappa shape index (κ3) is 4.21. The van der Waals surface area contributed by atoms with E-state index >= 15 is 0 Å². The molecule has 1 saturated heterocycles. The molecule has 0 radical (unpaired) electrons. The van der Waals surface area contributed by atoms with Gasteiger partial charge in [0, 0.05) is 31.0 Å². The Kier molecular flexibility index (Phi) is 6.84. The highest BCUT2D eigenvalue weighted by Crippen LogP contribution is 2.39. The first-order valence-electron chi connectivity index (χ1n) is 10.1. The first-order valence-corrected chi connectivity index (χ1v) is 10.1. The number of aliphatic hydroxyl groups is 1. The second-order valence-electron chi connectivity index (χ2n) is 7.03. The van der Waals surface area contributed by atoms with Crippen molar-refractivity contribution in [1.29, 1.82) is 0 Å². The van der Waals surface area contributed by atoms with Gasteiger partial charge in [-0.15, -0.1) is 0 Å². The topological polar surface area (TPSA) is 83.0 Å². The lowest BCUT2D eigenvalue weighted by molar-refractivity contribution is -0.140. The van der Waals surface area contributed by atoms with Crippen LogP contribution in [0.3, 0.4) is 0 Å². The zero-order valence-electron chi connectivity index (χ0n) is 17.5. The van der Waals surface area contributed by atoms with Gasteiger partial charge in [0.2, 0.25) is 0 Å². The van der Waals surface area contributed by atoms with E-state index in [-0.39, 0.29) is 11.3 Å². The van der Waals surface area contributed by atoms with Gasteiger partial charge in [0.15, 0.2) is 0 Å². The summed E-state index contributed by atoms with van der Waals surface area (Å²) in [6.45, 7) is 6.85. The van der Waals surface area contributed by atoms with E-state index in [1.807, 2.05) is 0 Å². The van der Waals surface area contributed by atoms with Gasteiger partial charge in [0.1, 0.15) is 11.5 Å². The first-order chi connectivity index (χ1) is 14.5. The van der Waals surface area contributed by atoms with Crippen LogP contribution >= 0.6 is 0 Å². The molecule has 158 valence electrons. The maximum Gasteiger partial charge on any atom is 0.295 e. The van der Waals surface area contributed by atoms with Crippen LogP contribution in [0.15, 0.2) is 54.4 Å². The smallest absolute Gasteiger partial charge is 0.295 e. The van der Waals surface area contributed by atoms with Crippen molar-refractivity contribution in [3.63, 3.8) is 0 Å². The number of rotatable bonds is 8. The van der Waals surface area contributed by atoms with Crippen molar-refractivity contribution < 1.29 is 19.4 Å². The zero-order chi connectivity index (χ0) is 21.7. The van der Waals surface area contributed by atoms with Gasteiger partial charge in [-0.3, -0.25) is 14.6 Å². The lowest BCUT2D eigenvalue weighted by Gasteiger charge is -2.28. The molecular weight excluding hydrogens is 382 g/mol. The van der Waals surface area contributed by atoms with E-state index in [0.29, 0.717) is 24.4 Å². The Morgan fingerprint density at radius 1 is 1.10 bits per heavy atom. The number of carbonyl (C=O) groups is 2.